The predicted octanol–water partition coefficient (Wildman–Crippen LogP) is 3.36. The average molecular weight is 308 g/mol. The van der Waals surface area contributed by atoms with Gasteiger partial charge in [-0.25, -0.2) is 4.90 Å². The molecule has 0 bridgehead atoms. The van der Waals surface area contributed by atoms with E-state index in [-0.39, 0.29) is 18.2 Å². The maximum atomic E-state index is 12.8. The summed E-state index contributed by atoms with van der Waals surface area (Å²) in [7, 11) is 0. The lowest BCUT2D eigenvalue weighted by Crippen LogP contribution is -2.35. The van der Waals surface area contributed by atoms with Gasteiger partial charge in [-0.1, -0.05) is 36.4 Å². The molecule has 23 heavy (non-hydrogen) atoms. The number of imide groups is 1. The van der Waals surface area contributed by atoms with Crippen LogP contribution in [0, 0.1) is 20.8 Å². The van der Waals surface area contributed by atoms with Gasteiger partial charge in [-0.05, 0) is 43.5 Å². The van der Waals surface area contributed by atoms with Crippen LogP contribution in [0.4, 0.5) is 11.4 Å². The molecule has 1 atom stereocenters. The minimum Gasteiger partial charge on any atom is -0.373 e. The fourth-order valence-electron chi connectivity index (χ4n) is 3.06. The minimum atomic E-state index is -0.511. The maximum absolute atomic E-state index is 12.8. The summed E-state index contributed by atoms with van der Waals surface area (Å²) in [6.45, 7) is 5.82. The molecule has 1 aliphatic heterocycles. The second-order valence-electron chi connectivity index (χ2n) is 6.02. The largest absolute Gasteiger partial charge is 0.373 e. The average Bonchev–Trinajstić information content (AvgIpc) is 2.77. The van der Waals surface area contributed by atoms with Crippen molar-refractivity contribution in [3.05, 3.63) is 59.2 Å². The lowest BCUT2D eigenvalue weighted by Gasteiger charge is -2.20. The highest BCUT2D eigenvalue weighted by molar-refractivity contribution is 6.23. The smallest absolute Gasteiger partial charge is 0.256 e. The number of rotatable bonds is 3. The van der Waals surface area contributed by atoms with Gasteiger partial charge in [0.25, 0.3) is 5.91 Å². The normalized spacial score (nSPS) is 17.7. The number of nitrogens with zero attached hydrogens (tertiary/aromatic N) is 1. The Balaban J connectivity index is 1.90. The van der Waals surface area contributed by atoms with Gasteiger partial charge in [-0.2, -0.15) is 0 Å². The third kappa shape index (κ3) is 2.72. The van der Waals surface area contributed by atoms with Crippen molar-refractivity contribution < 1.29 is 9.59 Å². The van der Waals surface area contributed by atoms with Crippen molar-refractivity contribution in [3.8, 4) is 0 Å². The maximum Gasteiger partial charge on any atom is 0.256 e. The molecule has 1 heterocycles. The summed E-state index contributed by atoms with van der Waals surface area (Å²) >= 11 is 0. The van der Waals surface area contributed by atoms with Crippen LogP contribution in [-0.4, -0.2) is 17.9 Å². The molecule has 0 aliphatic carbocycles. The van der Waals surface area contributed by atoms with E-state index in [0.717, 1.165) is 28.1 Å². The van der Waals surface area contributed by atoms with Gasteiger partial charge in [0.2, 0.25) is 5.91 Å². The van der Waals surface area contributed by atoms with Gasteiger partial charge in [0.05, 0.1) is 12.1 Å². The Hall–Kier alpha value is -2.62. The summed E-state index contributed by atoms with van der Waals surface area (Å²) in [5.74, 6) is -0.339. The van der Waals surface area contributed by atoms with Gasteiger partial charge >= 0.3 is 0 Å². The minimum absolute atomic E-state index is 0.154. The molecule has 2 aromatic rings. The van der Waals surface area contributed by atoms with Crippen LogP contribution >= 0.6 is 0 Å². The molecule has 0 saturated carbocycles. The number of aryl methyl sites for hydroxylation is 3. The van der Waals surface area contributed by atoms with E-state index in [0.29, 0.717) is 0 Å². The fraction of sp³-hybridized carbons (Fsp3) is 0.263. The van der Waals surface area contributed by atoms with Gasteiger partial charge < -0.3 is 5.32 Å². The van der Waals surface area contributed by atoms with Crippen molar-refractivity contribution in [1.82, 2.24) is 0 Å². The molecule has 118 valence electrons. The molecule has 0 aromatic heterocycles. The molecule has 3 rings (SSSR count). The summed E-state index contributed by atoms with van der Waals surface area (Å²) in [5.41, 5.74) is 4.53. The third-order valence-corrected chi connectivity index (χ3v) is 4.28. The number of nitrogens with one attached hydrogen (secondary N) is 1. The van der Waals surface area contributed by atoms with Crippen molar-refractivity contribution in [2.45, 2.75) is 33.2 Å². The Morgan fingerprint density at radius 1 is 0.913 bits per heavy atom. The molecule has 4 heteroatoms. The van der Waals surface area contributed by atoms with E-state index >= 15 is 0 Å². The molecular weight excluding hydrogens is 288 g/mol. The van der Waals surface area contributed by atoms with E-state index in [1.165, 1.54) is 4.90 Å². The molecule has 1 N–H and O–H groups in total. The number of benzene rings is 2. The number of carbonyl (C=O) groups excluding carboxylic acids is 2. The number of para-hydroxylation sites is 2. The standard InChI is InChI=1S/C19H20N2O2/c1-12-7-4-5-10-15(12)20-16-11-17(22)21(19(16)23)18-13(2)8-6-9-14(18)3/h4-10,16,20H,11H2,1-3H3/t16-/m1/s1. The Morgan fingerprint density at radius 2 is 1.52 bits per heavy atom. The Bertz CT molecular complexity index is 762. The molecule has 2 amide bonds. The van der Waals surface area contributed by atoms with Crippen LogP contribution in [0.1, 0.15) is 23.1 Å². The second kappa shape index (κ2) is 5.88. The second-order valence-corrected chi connectivity index (χ2v) is 6.02. The van der Waals surface area contributed by atoms with Gasteiger partial charge in [-0.15, -0.1) is 0 Å². The molecule has 1 saturated heterocycles. The van der Waals surface area contributed by atoms with Gasteiger partial charge in [0.15, 0.2) is 0 Å². The summed E-state index contributed by atoms with van der Waals surface area (Å²) in [4.78, 5) is 26.6. The lowest BCUT2D eigenvalue weighted by molar-refractivity contribution is -0.121. The summed E-state index contributed by atoms with van der Waals surface area (Å²) < 4.78 is 0. The number of hydrogen-bond donors (Lipinski definition) is 1. The van der Waals surface area contributed by atoms with Crippen LogP contribution in [0.3, 0.4) is 0 Å². The number of anilines is 2. The summed E-state index contributed by atoms with van der Waals surface area (Å²) in [6.07, 6.45) is 0.181. The first-order valence-corrected chi connectivity index (χ1v) is 7.74. The molecule has 0 spiro atoms. The van der Waals surface area contributed by atoms with Gasteiger partial charge in [0, 0.05) is 5.69 Å². The summed E-state index contributed by atoms with van der Waals surface area (Å²) in [6, 6.07) is 13.0. The van der Waals surface area contributed by atoms with Crippen molar-refractivity contribution in [2.75, 3.05) is 10.2 Å². The van der Waals surface area contributed by atoms with E-state index in [1.807, 2.05) is 63.2 Å². The highest BCUT2D eigenvalue weighted by Gasteiger charge is 2.40. The van der Waals surface area contributed by atoms with Crippen molar-refractivity contribution >= 4 is 23.2 Å². The quantitative estimate of drug-likeness (QED) is 0.885. The zero-order valence-corrected chi connectivity index (χ0v) is 13.6. The Morgan fingerprint density at radius 3 is 2.17 bits per heavy atom. The van der Waals surface area contributed by atoms with Crippen LogP contribution in [0.25, 0.3) is 0 Å². The van der Waals surface area contributed by atoms with Gasteiger partial charge in [-0.3, -0.25) is 9.59 Å². The molecular formula is C19H20N2O2. The molecule has 2 aromatic carbocycles. The van der Waals surface area contributed by atoms with E-state index in [2.05, 4.69) is 5.32 Å². The third-order valence-electron chi connectivity index (χ3n) is 4.28. The lowest BCUT2D eigenvalue weighted by atomic mass is 10.1. The first-order chi connectivity index (χ1) is 11.0. The monoisotopic (exact) mass is 308 g/mol. The Labute approximate surface area is 136 Å². The van der Waals surface area contributed by atoms with Crippen LogP contribution in [-0.2, 0) is 9.59 Å². The van der Waals surface area contributed by atoms with Crippen molar-refractivity contribution in [2.24, 2.45) is 0 Å². The van der Waals surface area contributed by atoms with Crippen LogP contribution in [0.5, 0.6) is 0 Å². The topological polar surface area (TPSA) is 49.4 Å². The van der Waals surface area contributed by atoms with Crippen LogP contribution < -0.4 is 10.2 Å². The van der Waals surface area contributed by atoms with Crippen molar-refractivity contribution in [3.63, 3.8) is 0 Å². The van der Waals surface area contributed by atoms with E-state index < -0.39 is 6.04 Å². The van der Waals surface area contributed by atoms with Crippen LogP contribution in [0.15, 0.2) is 42.5 Å². The van der Waals surface area contributed by atoms with E-state index in [9.17, 15) is 9.59 Å². The fourth-order valence-corrected chi connectivity index (χ4v) is 3.06. The number of amides is 2. The summed E-state index contributed by atoms with van der Waals surface area (Å²) in [5, 5.41) is 3.22. The highest BCUT2D eigenvalue weighted by Crippen LogP contribution is 2.30. The van der Waals surface area contributed by atoms with Crippen LogP contribution in [0.2, 0.25) is 0 Å². The molecule has 0 radical (unpaired) electrons. The highest BCUT2D eigenvalue weighted by atomic mass is 16.2. The molecule has 1 fully saturated rings. The molecule has 1 aliphatic rings. The number of carbonyl (C=O) groups is 2. The predicted molar refractivity (Wildman–Crippen MR) is 91.6 cm³/mol. The zero-order chi connectivity index (χ0) is 16.6. The number of hydrogen-bond acceptors (Lipinski definition) is 3. The van der Waals surface area contributed by atoms with E-state index in [1.54, 1.807) is 0 Å². The van der Waals surface area contributed by atoms with Crippen molar-refractivity contribution in [1.29, 1.82) is 0 Å². The molecule has 4 nitrogen and oxygen atoms in total. The Kier molecular flexibility index (Phi) is 3.90. The first kappa shape index (κ1) is 15.3. The van der Waals surface area contributed by atoms with Gasteiger partial charge in [0.1, 0.15) is 6.04 Å². The zero-order valence-electron chi connectivity index (χ0n) is 13.6. The molecule has 0 unspecified atom stereocenters. The SMILES string of the molecule is Cc1ccccc1N[C@@H]1CC(=O)N(c2c(C)cccc2C)C1=O. The van der Waals surface area contributed by atoms with E-state index in [4.69, 9.17) is 0 Å². The first-order valence-electron chi connectivity index (χ1n) is 7.74.